The largest absolute Gasteiger partial charge is 0.493 e. The number of rotatable bonds is 2. The summed E-state index contributed by atoms with van der Waals surface area (Å²) in [6.45, 7) is 4.11. The summed E-state index contributed by atoms with van der Waals surface area (Å²) in [6.07, 6.45) is 4.83. The van der Waals surface area contributed by atoms with Gasteiger partial charge in [0.2, 0.25) is 0 Å². The summed E-state index contributed by atoms with van der Waals surface area (Å²) >= 11 is 1.66. The molecule has 0 atom stereocenters. The predicted octanol–water partition coefficient (Wildman–Crippen LogP) is 2.82. The molecule has 0 aliphatic carbocycles. The van der Waals surface area contributed by atoms with E-state index in [2.05, 4.69) is 9.88 Å². The zero-order valence-corrected chi connectivity index (χ0v) is 14.4. The van der Waals surface area contributed by atoms with Crippen LogP contribution in [0.15, 0.2) is 29.8 Å². The molecule has 126 valence electrons. The van der Waals surface area contributed by atoms with E-state index in [4.69, 9.17) is 4.74 Å². The number of carbonyl (C=O) groups is 1. The van der Waals surface area contributed by atoms with Crippen LogP contribution < -0.4 is 9.64 Å². The summed E-state index contributed by atoms with van der Waals surface area (Å²) in [7, 11) is 0. The van der Waals surface area contributed by atoms with Crippen molar-refractivity contribution >= 4 is 22.4 Å². The van der Waals surface area contributed by atoms with Crippen LogP contribution in [0.1, 0.15) is 28.8 Å². The second-order valence-corrected chi connectivity index (χ2v) is 7.10. The van der Waals surface area contributed by atoms with E-state index in [-0.39, 0.29) is 5.91 Å². The maximum Gasteiger partial charge on any atom is 0.253 e. The van der Waals surface area contributed by atoms with E-state index in [0.717, 1.165) is 74.1 Å². The monoisotopic (exact) mass is 343 g/mol. The molecule has 1 fully saturated rings. The molecular formula is C18H21N3O2S. The number of amides is 1. The molecule has 4 rings (SSSR count). The number of anilines is 1. The van der Waals surface area contributed by atoms with Crippen molar-refractivity contribution in [3.8, 4) is 5.75 Å². The molecule has 24 heavy (non-hydrogen) atoms. The molecule has 6 heteroatoms. The summed E-state index contributed by atoms with van der Waals surface area (Å²) in [5.41, 5.74) is 1.94. The Labute approximate surface area is 145 Å². The minimum atomic E-state index is 0.129. The van der Waals surface area contributed by atoms with Gasteiger partial charge in [-0.05, 0) is 43.0 Å². The molecule has 1 aromatic carbocycles. The molecular weight excluding hydrogens is 322 g/mol. The first-order valence-corrected chi connectivity index (χ1v) is 9.39. The molecule has 1 amide bonds. The average molecular weight is 343 g/mol. The molecule has 0 spiro atoms. The van der Waals surface area contributed by atoms with E-state index >= 15 is 0 Å². The Bertz CT molecular complexity index is 717. The number of aromatic nitrogens is 1. The topological polar surface area (TPSA) is 45.7 Å². The van der Waals surface area contributed by atoms with Gasteiger partial charge in [-0.2, -0.15) is 0 Å². The van der Waals surface area contributed by atoms with Crippen molar-refractivity contribution in [3.63, 3.8) is 0 Å². The molecule has 1 saturated heterocycles. The van der Waals surface area contributed by atoms with Gasteiger partial charge in [0.25, 0.3) is 5.91 Å². The Hall–Kier alpha value is -2.08. The third-order valence-electron chi connectivity index (χ3n) is 4.63. The Morgan fingerprint density at radius 2 is 2.12 bits per heavy atom. The van der Waals surface area contributed by atoms with Crippen LogP contribution in [0.5, 0.6) is 5.75 Å². The van der Waals surface area contributed by atoms with Gasteiger partial charge in [-0.1, -0.05) is 0 Å². The lowest BCUT2D eigenvalue weighted by Gasteiger charge is -2.23. The van der Waals surface area contributed by atoms with Crippen LogP contribution in [-0.4, -0.2) is 48.6 Å². The van der Waals surface area contributed by atoms with Crippen LogP contribution in [-0.2, 0) is 6.42 Å². The van der Waals surface area contributed by atoms with E-state index in [9.17, 15) is 4.79 Å². The number of carbonyl (C=O) groups excluding carboxylic acids is 1. The van der Waals surface area contributed by atoms with Crippen LogP contribution in [0.3, 0.4) is 0 Å². The number of thiazole rings is 1. The number of fused-ring (bicyclic) bond motifs is 1. The second kappa shape index (κ2) is 6.81. The number of benzene rings is 1. The quantitative estimate of drug-likeness (QED) is 0.841. The first kappa shape index (κ1) is 15.4. The van der Waals surface area contributed by atoms with Crippen LogP contribution in [0.4, 0.5) is 5.13 Å². The molecule has 1 aromatic heterocycles. The van der Waals surface area contributed by atoms with Gasteiger partial charge in [-0.25, -0.2) is 4.98 Å². The number of nitrogens with zero attached hydrogens (tertiary/aromatic N) is 3. The Morgan fingerprint density at radius 3 is 3.00 bits per heavy atom. The molecule has 0 bridgehead atoms. The van der Waals surface area contributed by atoms with Gasteiger partial charge in [-0.15, -0.1) is 11.3 Å². The third-order valence-corrected chi connectivity index (χ3v) is 5.46. The van der Waals surface area contributed by atoms with Crippen molar-refractivity contribution < 1.29 is 9.53 Å². The van der Waals surface area contributed by atoms with Crippen molar-refractivity contribution in [1.29, 1.82) is 0 Å². The Kier molecular flexibility index (Phi) is 4.38. The van der Waals surface area contributed by atoms with Crippen molar-refractivity contribution in [3.05, 3.63) is 40.9 Å². The van der Waals surface area contributed by atoms with Crippen LogP contribution >= 0.6 is 11.3 Å². The highest BCUT2D eigenvalue weighted by atomic mass is 32.1. The van der Waals surface area contributed by atoms with Crippen LogP contribution in [0, 0.1) is 0 Å². The fourth-order valence-electron chi connectivity index (χ4n) is 3.36. The fraction of sp³-hybridized carbons (Fsp3) is 0.444. The van der Waals surface area contributed by atoms with Gasteiger partial charge in [0.15, 0.2) is 5.13 Å². The minimum absolute atomic E-state index is 0.129. The summed E-state index contributed by atoms with van der Waals surface area (Å²) in [4.78, 5) is 21.5. The maximum atomic E-state index is 12.9. The van der Waals surface area contributed by atoms with Crippen molar-refractivity contribution in [2.75, 3.05) is 37.7 Å². The molecule has 0 unspecified atom stereocenters. The third kappa shape index (κ3) is 3.11. The Morgan fingerprint density at radius 1 is 1.17 bits per heavy atom. The molecule has 3 heterocycles. The number of ether oxygens (including phenoxy) is 1. The van der Waals surface area contributed by atoms with E-state index in [1.54, 1.807) is 11.3 Å². The van der Waals surface area contributed by atoms with Crippen molar-refractivity contribution in [1.82, 2.24) is 9.88 Å². The van der Waals surface area contributed by atoms with E-state index < -0.39 is 0 Å². The summed E-state index contributed by atoms with van der Waals surface area (Å²) in [5, 5.41) is 3.05. The number of aryl methyl sites for hydroxylation is 1. The lowest BCUT2D eigenvalue weighted by atomic mass is 10.0. The predicted molar refractivity (Wildman–Crippen MR) is 95.1 cm³/mol. The van der Waals surface area contributed by atoms with Crippen molar-refractivity contribution in [2.24, 2.45) is 0 Å². The van der Waals surface area contributed by atoms with Gasteiger partial charge in [0.05, 0.1) is 6.61 Å². The molecule has 0 radical (unpaired) electrons. The minimum Gasteiger partial charge on any atom is -0.493 e. The summed E-state index contributed by atoms with van der Waals surface area (Å²) in [6, 6.07) is 5.86. The highest BCUT2D eigenvalue weighted by Crippen LogP contribution is 2.26. The maximum absolute atomic E-state index is 12.9. The average Bonchev–Trinajstić information content (AvgIpc) is 3.05. The molecule has 0 saturated carbocycles. The van der Waals surface area contributed by atoms with Crippen LogP contribution in [0.2, 0.25) is 0 Å². The van der Waals surface area contributed by atoms with Crippen LogP contribution in [0.25, 0.3) is 0 Å². The number of hydrogen-bond acceptors (Lipinski definition) is 5. The smallest absolute Gasteiger partial charge is 0.253 e. The van der Waals surface area contributed by atoms with Gasteiger partial charge in [-0.3, -0.25) is 4.79 Å². The molecule has 5 nitrogen and oxygen atoms in total. The first-order valence-electron chi connectivity index (χ1n) is 8.51. The summed E-state index contributed by atoms with van der Waals surface area (Å²) in [5.74, 6) is 1.06. The first-order chi connectivity index (χ1) is 11.8. The second-order valence-electron chi connectivity index (χ2n) is 6.22. The van der Waals surface area contributed by atoms with E-state index in [1.807, 2.05) is 34.7 Å². The van der Waals surface area contributed by atoms with Crippen molar-refractivity contribution in [2.45, 2.75) is 19.3 Å². The van der Waals surface area contributed by atoms with E-state index in [1.165, 1.54) is 0 Å². The van der Waals surface area contributed by atoms with Gasteiger partial charge >= 0.3 is 0 Å². The van der Waals surface area contributed by atoms with E-state index in [0.29, 0.717) is 0 Å². The lowest BCUT2D eigenvalue weighted by Crippen LogP contribution is -2.35. The highest BCUT2D eigenvalue weighted by molar-refractivity contribution is 7.13. The molecule has 2 aliphatic rings. The molecule has 2 aliphatic heterocycles. The SMILES string of the molecule is O=C(c1ccc2c(c1)CCCO2)N1CCCN(c2nccs2)CC1. The molecule has 2 aromatic rings. The normalized spacial score (nSPS) is 17.8. The lowest BCUT2D eigenvalue weighted by molar-refractivity contribution is 0.0767. The zero-order chi connectivity index (χ0) is 16.4. The highest BCUT2D eigenvalue weighted by Gasteiger charge is 2.22. The fourth-order valence-corrected chi connectivity index (χ4v) is 4.06. The van der Waals surface area contributed by atoms with Gasteiger partial charge < -0.3 is 14.5 Å². The number of hydrogen-bond donors (Lipinski definition) is 0. The zero-order valence-electron chi connectivity index (χ0n) is 13.6. The standard InChI is InChI=1S/C18H21N3O2S/c22-17(15-4-5-16-14(13-15)3-1-11-23-16)20-7-2-8-21(10-9-20)18-19-6-12-24-18/h4-6,12-13H,1-3,7-11H2. The molecule has 0 N–H and O–H groups in total. The summed E-state index contributed by atoms with van der Waals surface area (Å²) < 4.78 is 5.64. The van der Waals surface area contributed by atoms with Gasteiger partial charge in [0, 0.05) is 43.3 Å². The van der Waals surface area contributed by atoms with Gasteiger partial charge in [0.1, 0.15) is 5.75 Å². The Balaban J connectivity index is 1.46.